The number of fused-ring (bicyclic) bond motifs is 32. The summed E-state index contributed by atoms with van der Waals surface area (Å²) in [5.41, 5.74) is 33.7. The molecule has 2 nitrogen and oxygen atoms in total. The van der Waals surface area contributed by atoms with E-state index < -0.39 is 16.2 Å². The lowest BCUT2D eigenvalue weighted by Gasteiger charge is -2.45. The van der Waals surface area contributed by atoms with Crippen molar-refractivity contribution in [1.29, 1.82) is 0 Å². The number of hydrogen-bond acceptors (Lipinski definition) is 2. The van der Waals surface area contributed by atoms with Crippen molar-refractivity contribution >= 4 is 66.4 Å². The van der Waals surface area contributed by atoms with Gasteiger partial charge in [-0.05, 0) is 186 Å². The second kappa shape index (κ2) is 18.6. The summed E-state index contributed by atoms with van der Waals surface area (Å²) in [4.78, 5) is 5.22. The molecular weight excluding hydrogens is 1150 g/mol. The summed E-state index contributed by atoms with van der Waals surface area (Å²) in [5, 5.41) is 7.28. The summed E-state index contributed by atoms with van der Waals surface area (Å²) >= 11 is 0. The third kappa shape index (κ3) is 6.14. The van der Waals surface area contributed by atoms with E-state index in [9.17, 15) is 0 Å². The smallest absolute Gasteiger partial charge is 0.0754 e. The quantitative estimate of drug-likeness (QED) is 0.163. The molecular formula is C93H56N2. The van der Waals surface area contributed by atoms with Gasteiger partial charge in [-0.25, -0.2) is 0 Å². The third-order valence-electron chi connectivity index (χ3n) is 22.8. The van der Waals surface area contributed by atoms with Gasteiger partial charge in [-0.3, -0.25) is 0 Å². The van der Waals surface area contributed by atoms with Crippen LogP contribution in [0, 0.1) is 0 Å². The Morgan fingerprint density at radius 1 is 0.158 bits per heavy atom. The van der Waals surface area contributed by atoms with E-state index in [0.29, 0.717) is 0 Å². The predicted octanol–water partition coefficient (Wildman–Crippen LogP) is 23.4. The summed E-state index contributed by atoms with van der Waals surface area (Å²) in [6.07, 6.45) is 0. The molecule has 1 atom stereocenters. The van der Waals surface area contributed by atoms with Crippen molar-refractivity contribution in [2.24, 2.45) is 0 Å². The molecule has 438 valence electrons. The lowest BCUT2D eigenvalue weighted by Crippen LogP contribution is -2.36. The minimum Gasteiger partial charge on any atom is -0.309 e. The minimum absolute atomic E-state index is 0.559. The van der Waals surface area contributed by atoms with E-state index in [1.807, 2.05) is 0 Å². The molecule has 0 aromatic heterocycles. The first-order chi connectivity index (χ1) is 47.2. The number of benzene rings is 16. The van der Waals surface area contributed by atoms with Gasteiger partial charge in [0.05, 0.1) is 50.4 Å². The molecule has 0 saturated heterocycles. The van der Waals surface area contributed by atoms with E-state index in [1.165, 1.54) is 177 Å². The van der Waals surface area contributed by atoms with Crippen molar-refractivity contribution in [3.05, 3.63) is 406 Å². The molecule has 0 N–H and O–H groups in total. The Morgan fingerprint density at radius 3 is 0.884 bits per heavy atom. The normalized spacial score (nSPS) is 16.0. The van der Waals surface area contributed by atoms with Crippen molar-refractivity contribution in [3.63, 3.8) is 0 Å². The van der Waals surface area contributed by atoms with Crippen LogP contribution in [0.2, 0.25) is 0 Å². The molecule has 16 aromatic rings. The number of nitrogens with zero attached hydrogens (tertiary/aromatic N) is 2. The summed E-state index contributed by atoms with van der Waals surface area (Å²) in [7, 11) is 0. The minimum atomic E-state index is -0.572. The van der Waals surface area contributed by atoms with Gasteiger partial charge in [-0.15, -0.1) is 0 Å². The largest absolute Gasteiger partial charge is 0.309 e. The molecule has 1 unspecified atom stereocenters. The van der Waals surface area contributed by atoms with Crippen LogP contribution >= 0.6 is 0 Å². The van der Waals surface area contributed by atoms with Crippen molar-refractivity contribution in [1.82, 2.24) is 0 Å². The number of hydrogen-bond donors (Lipinski definition) is 0. The van der Waals surface area contributed by atoms with E-state index in [2.05, 4.69) is 350 Å². The number of para-hydroxylation sites is 4. The zero-order chi connectivity index (χ0) is 61.9. The van der Waals surface area contributed by atoms with Crippen LogP contribution in [0.3, 0.4) is 0 Å². The highest BCUT2D eigenvalue weighted by Crippen LogP contribution is 2.69. The van der Waals surface area contributed by atoms with Crippen molar-refractivity contribution in [2.45, 2.75) is 16.2 Å². The van der Waals surface area contributed by atoms with E-state index in [0.717, 1.165) is 11.4 Å². The first-order valence-electron chi connectivity index (χ1n) is 33.4. The predicted molar refractivity (Wildman–Crippen MR) is 392 cm³/mol. The van der Waals surface area contributed by atoms with Gasteiger partial charge < -0.3 is 9.80 Å². The Labute approximate surface area is 551 Å². The maximum atomic E-state index is 2.61. The number of rotatable bonds is 3. The standard InChI is InChI=1S/C93H56N2/c1-2-27-58-57(26-1)54-55-81-89(58)65-32-7-13-41-74(65)93(81)75-42-14-8-33-66(75)90-67(36-23-47-80(90)93)88-63-34-24-52-82(94-84-48-19-15-43-76(84)91(77-44-16-20-49-85(77)94)70-37-9-3-28-59(70)60-29-4-10-38-71(60)91)68(63)56-69-64(88)35-25-53-83(69)95-86-50-21-17-45-78(86)92(79-46-18-22-51-87(79)95)72-39-11-5-30-61(72)62-31-6-12-40-73(62)92/h1-56H. The Balaban J connectivity index is 0.863. The van der Waals surface area contributed by atoms with Gasteiger partial charge in [-0.2, -0.15) is 0 Å². The van der Waals surface area contributed by atoms with Gasteiger partial charge in [-0.1, -0.05) is 297 Å². The molecule has 16 aromatic carbocycles. The highest BCUT2D eigenvalue weighted by molar-refractivity contribution is 6.22. The maximum Gasteiger partial charge on any atom is 0.0754 e. The van der Waals surface area contributed by atoms with Gasteiger partial charge in [0.15, 0.2) is 0 Å². The van der Waals surface area contributed by atoms with Gasteiger partial charge in [0.1, 0.15) is 0 Å². The van der Waals surface area contributed by atoms with E-state index in [4.69, 9.17) is 0 Å². The molecule has 0 amide bonds. The van der Waals surface area contributed by atoms with Gasteiger partial charge in [0, 0.05) is 10.8 Å². The van der Waals surface area contributed by atoms with Crippen molar-refractivity contribution < 1.29 is 0 Å². The second-order valence-electron chi connectivity index (χ2n) is 26.7. The highest BCUT2D eigenvalue weighted by Gasteiger charge is 2.55. The fourth-order valence-corrected chi connectivity index (χ4v) is 19.6. The average Bonchev–Trinajstić information content (AvgIpc) is 1.57. The van der Waals surface area contributed by atoms with Crippen molar-refractivity contribution in [3.8, 4) is 55.6 Å². The van der Waals surface area contributed by atoms with Gasteiger partial charge in [0.2, 0.25) is 0 Å². The van der Waals surface area contributed by atoms with E-state index in [-0.39, 0.29) is 0 Å². The third-order valence-corrected chi connectivity index (χ3v) is 22.8. The topological polar surface area (TPSA) is 6.48 Å². The molecule has 95 heavy (non-hydrogen) atoms. The fraction of sp³-hybridized carbons (Fsp3) is 0.0323. The summed E-state index contributed by atoms with van der Waals surface area (Å²) < 4.78 is 0. The summed E-state index contributed by atoms with van der Waals surface area (Å²) in [5.74, 6) is 0. The van der Waals surface area contributed by atoms with Crippen LogP contribution in [0.1, 0.15) is 66.8 Å². The molecule has 2 heteroatoms. The van der Waals surface area contributed by atoms with E-state index in [1.54, 1.807) is 0 Å². The van der Waals surface area contributed by atoms with Crippen LogP contribution in [0.15, 0.2) is 340 Å². The zero-order valence-corrected chi connectivity index (χ0v) is 51.7. The average molecular weight is 1200 g/mol. The molecule has 2 aliphatic heterocycles. The summed E-state index contributed by atoms with van der Waals surface area (Å²) in [6.45, 7) is 0. The van der Waals surface area contributed by atoms with Crippen LogP contribution in [0.25, 0.3) is 88.0 Å². The maximum absolute atomic E-state index is 2.61. The highest BCUT2D eigenvalue weighted by atomic mass is 15.2. The molecule has 6 aliphatic rings. The Hall–Kier alpha value is -12.1. The molecule has 2 heterocycles. The molecule has 3 spiro atoms. The number of anilines is 6. The molecule has 4 aliphatic carbocycles. The second-order valence-corrected chi connectivity index (χ2v) is 26.7. The van der Waals surface area contributed by atoms with Crippen LogP contribution < -0.4 is 9.80 Å². The molecule has 0 radical (unpaired) electrons. The van der Waals surface area contributed by atoms with Crippen LogP contribution in [0.5, 0.6) is 0 Å². The van der Waals surface area contributed by atoms with Crippen LogP contribution in [-0.4, -0.2) is 0 Å². The van der Waals surface area contributed by atoms with Gasteiger partial charge >= 0.3 is 0 Å². The molecule has 22 rings (SSSR count). The van der Waals surface area contributed by atoms with Crippen LogP contribution in [-0.2, 0) is 16.2 Å². The zero-order valence-electron chi connectivity index (χ0n) is 51.7. The first-order valence-corrected chi connectivity index (χ1v) is 33.4. The molecule has 0 saturated carbocycles. The lowest BCUT2D eigenvalue weighted by molar-refractivity contribution is 0.753. The monoisotopic (exact) mass is 1200 g/mol. The Bertz CT molecular complexity index is 5660. The SMILES string of the molecule is c1ccc2c(c1)-c1ccccc1C21c2ccccc2N(c2cccc3c(-c4cccc5c4-c4ccccc4C54c5ccccc5-c5c4ccc4ccccc54)c4cccc(N5c6ccccc6C6(c7ccccc7-c7ccccc76)c6ccccc65)c4cc23)c2ccccc21. The van der Waals surface area contributed by atoms with Gasteiger partial charge in [0.25, 0.3) is 0 Å². The molecule has 0 fully saturated rings. The first kappa shape index (κ1) is 51.5. The summed E-state index contributed by atoms with van der Waals surface area (Å²) in [6, 6.07) is 130. The lowest BCUT2D eigenvalue weighted by atomic mass is 9.64. The van der Waals surface area contributed by atoms with Crippen molar-refractivity contribution in [2.75, 3.05) is 9.80 Å². The Morgan fingerprint density at radius 2 is 0.442 bits per heavy atom. The molecule has 0 bridgehead atoms. The van der Waals surface area contributed by atoms with E-state index >= 15 is 0 Å². The Kier molecular flexibility index (Phi) is 10.1. The van der Waals surface area contributed by atoms with Crippen LogP contribution in [0.4, 0.5) is 34.1 Å². The fourth-order valence-electron chi connectivity index (χ4n) is 19.6.